The van der Waals surface area contributed by atoms with E-state index < -0.39 is 36.7 Å². The zero-order valence-corrected chi connectivity index (χ0v) is 16.1. The summed E-state index contributed by atoms with van der Waals surface area (Å²) in [6.45, 7) is 0.783. The van der Waals surface area contributed by atoms with Crippen molar-refractivity contribution in [2.24, 2.45) is 0 Å². The number of anilines is 1. The van der Waals surface area contributed by atoms with Crippen LogP contribution in [0, 0.1) is 0 Å². The third-order valence-electron chi connectivity index (χ3n) is 4.26. The van der Waals surface area contributed by atoms with E-state index in [2.05, 4.69) is 4.72 Å². The maximum atomic E-state index is 12.8. The van der Waals surface area contributed by atoms with Crippen molar-refractivity contribution in [3.05, 3.63) is 54.1 Å². The van der Waals surface area contributed by atoms with Gasteiger partial charge in [-0.1, -0.05) is 12.1 Å². The van der Waals surface area contributed by atoms with Gasteiger partial charge >= 0.3 is 6.18 Å². The molecule has 0 aromatic heterocycles. The molecule has 0 amide bonds. The number of benzene rings is 2. The minimum Gasteiger partial charge on any atom is -0.280 e. The SMILES string of the molecule is O=S(=O)(Nc1cccc(S(=O)(=O)N2CCCC2)c1)c1cccc(C(F)(F)F)c1. The van der Waals surface area contributed by atoms with Gasteiger partial charge in [-0.15, -0.1) is 0 Å². The molecule has 0 bridgehead atoms. The van der Waals surface area contributed by atoms with Crippen LogP contribution in [0.3, 0.4) is 0 Å². The highest BCUT2D eigenvalue weighted by Crippen LogP contribution is 2.31. The summed E-state index contributed by atoms with van der Waals surface area (Å²) in [5.41, 5.74) is -1.15. The van der Waals surface area contributed by atoms with E-state index in [4.69, 9.17) is 0 Å². The van der Waals surface area contributed by atoms with E-state index in [1.165, 1.54) is 22.5 Å². The first kappa shape index (κ1) is 20.6. The predicted molar refractivity (Wildman–Crippen MR) is 96.7 cm³/mol. The van der Waals surface area contributed by atoms with E-state index in [1.54, 1.807) is 0 Å². The second kappa shape index (κ2) is 7.37. The van der Waals surface area contributed by atoms with Gasteiger partial charge in [0.2, 0.25) is 10.0 Å². The summed E-state index contributed by atoms with van der Waals surface area (Å²) in [6.07, 6.45) is -3.18. The van der Waals surface area contributed by atoms with Gasteiger partial charge in [0, 0.05) is 13.1 Å². The largest absolute Gasteiger partial charge is 0.416 e. The van der Waals surface area contributed by atoms with Gasteiger partial charge in [-0.25, -0.2) is 16.8 Å². The van der Waals surface area contributed by atoms with Crippen molar-refractivity contribution in [3.63, 3.8) is 0 Å². The molecule has 1 aliphatic rings. The Bertz CT molecular complexity index is 1080. The van der Waals surface area contributed by atoms with Gasteiger partial charge in [0.05, 0.1) is 21.0 Å². The van der Waals surface area contributed by atoms with Crippen LogP contribution in [0.5, 0.6) is 0 Å². The first-order valence-electron chi connectivity index (χ1n) is 8.30. The molecule has 0 atom stereocenters. The minimum atomic E-state index is -4.69. The van der Waals surface area contributed by atoms with Crippen molar-refractivity contribution >= 4 is 25.7 Å². The van der Waals surface area contributed by atoms with Gasteiger partial charge < -0.3 is 0 Å². The molecule has 0 radical (unpaired) electrons. The van der Waals surface area contributed by atoms with E-state index in [1.807, 2.05) is 0 Å². The topological polar surface area (TPSA) is 83.5 Å². The zero-order valence-electron chi connectivity index (χ0n) is 14.5. The van der Waals surface area contributed by atoms with Crippen LogP contribution in [0.4, 0.5) is 18.9 Å². The first-order chi connectivity index (χ1) is 13.0. The van der Waals surface area contributed by atoms with Crippen molar-refractivity contribution in [1.82, 2.24) is 4.31 Å². The average Bonchev–Trinajstić information content (AvgIpc) is 3.16. The normalized spacial score (nSPS) is 16.2. The third-order valence-corrected chi connectivity index (χ3v) is 7.53. The molecule has 3 rings (SSSR count). The number of hydrogen-bond acceptors (Lipinski definition) is 4. The van der Waals surface area contributed by atoms with E-state index in [0.29, 0.717) is 19.2 Å². The zero-order chi connectivity index (χ0) is 20.6. The van der Waals surface area contributed by atoms with E-state index in [-0.39, 0.29) is 10.6 Å². The number of nitrogens with one attached hydrogen (secondary N) is 1. The Hall–Kier alpha value is -2.11. The molecular weight excluding hydrogens is 417 g/mol. The van der Waals surface area contributed by atoms with E-state index >= 15 is 0 Å². The molecule has 28 heavy (non-hydrogen) atoms. The standard InChI is InChI=1S/C17H17F3N2O4S2/c18-17(19,20)13-5-3-7-15(11-13)27(23,24)21-14-6-4-8-16(12-14)28(25,26)22-9-1-2-10-22/h3-8,11-12,21H,1-2,9-10H2. The molecule has 1 heterocycles. The Morgan fingerprint density at radius 2 is 1.46 bits per heavy atom. The molecule has 0 spiro atoms. The lowest BCUT2D eigenvalue weighted by Crippen LogP contribution is -2.27. The maximum absolute atomic E-state index is 12.8. The van der Waals surface area contributed by atoms with Crippen LogP contribution < -0.4 is 4.72 Å². The summed E-state index contributed by atoms with van der Waals surface area (Å²) < 4.78 is 92.1. The molecule has 1 N–H and O–H groups in total. The molecule has 1 aliphatic heterocycles. The molecule has 0 unspecified atom stereocenters. The highest BCUT2D eigenvalue weighted by atomic mass is 32.2. The van der Waals surface area contributed by atoms with Gasteiger partial charge in [-0.05, 0) is 49.2 Å². The van der Waals surface area contributed by atoms with Crippen LogP contribution >= 0.6 is 0 Å². The summed E-state index contributed by atoms with van der Waals surface area (Å²) in [7, 11) is -8.09. The van der Waals surface area contributed by atoms with Gasteiger partial charge in [-0.3, -0.25) is 4.72 Å². The summed E-state index contributed by atoms with van der Waals surface area (Å²) in [5.74, 6) is 0. The van der Waals surface area contributed by atoms with Crippen LogP contribution in [0.1, 0.15) is 18.4 Å². The number of hydrogen-bond donors (Lipinski definition) is 1. The Balaban J connectivity index is 1.90. The highest BCUT2D eigenvalue weighted by molar-refractivity contribution is 7.92. The lowest BCUT2D eigenvalue weighted by Gasteiger charge is -2.16. The minimum absolute atomic E-state index is 0.0577. The lowest BCUT2D eigenvalue weighted by atomic mass is 10.2. The van der Waals surface area contributed by atoms with Crippen molar-refractivity contribution in [2.75, 3.05) is 17.8 Å². The van der Waals surface area contributed by atoms with Crippen LogP contribution in [0.2, 0.25) is 0 Å². The molecule has 0 saturated carbocycles. The van der Waals surface area contributed by atoms with Gasteiger partial charge in [0.1, 0.15) is 0 Å². The fraction of sp³-hybridized carbons (Fsp3) is 0.294. The second-order valence-electron chi connectivity index (χ2n) is 6.27. The Kier molecular flexibility index (Phi) is 5.43. The van der Waals surface area contributed by atoms with Crippen LogP contribution in [-0.4, -0.2) is 34.2 Å². The van der Waals surface area contributed by atoms with Crippen molar-refractivity contribution < 1.29 is 30.0 Å². The number of sulfonamides is 2. The van der Waals surface area contributed by atoms with Gasteiger partial charge in [0.25, 0.3) is 10.0 Å². The maximum Gasteiger partial charge on any atom is 0.416 e. The van der Waals surface area contributed by atoms with Crippen LogP contribution in [0.25, 0.3) is 0 Å². The Morgan fingerprint density at radius 1 is 0.857 bits per heavy atom. The Labute approximate surface area is 161 Å². The molecule has 2 aromatic carbocycles. The molecule has 6 nitrogen and oxygen atoms in total. The van der Waals surface area contributed by atoms with Crippen LogP contribution in [-0.2, 0) is 26.2 Å². The molecule has 1 saturated heterocycles. The number of rotatable bonds is 5. The molecule has 2 aromatic rings. The number of nitrogens with zero attached hydrogens (tertiary/aromatic N) is 1. The summed E-state index contributed by atoms with van der Waals surface area (Å²) in [5, 5.41) is 0. The molecule has 152 valence electrons. The van der Waals surface area contributed by atoms with E-state index in [9.17, 15) is 30.0 Å². The summed E-state index contributed by atoms with van der Waals surface area (Å²) in [4.78, 5) is -0.659. The van der Waals surface area contributed by atoms with Gasteiger partial charge in [0.15, 0.2) is 0 Å². The van der Waals surface area contributed by atoms with Crippen molar-refractivity contribution in [1.29, 1.82) is 0 Å². The molecule has 1 fully saturated rings. The molecule has 0 aliphatic carbocycles. The predicted octanol–water partition coefficient (Wildman–Crippen LogP) is 3.29. The van der Waals surface area contributed by atoms with Crippen molar-refractivity contribution in [3.8, 4) is 0 Å². The lowest BCUT2D eigenvalue weighted by molar-refractivity contribution is -0.137. The summed E-state index contributed by atoms with van der Waals surface area (Å²) >= 11 is 0. The Morgan fingerprint density at radius 3 is 2.11 bits per heavy atom. The highest BCUT2D eigenvalue weighted by Gasteiger charge is 2.32. The average molecular weight is 434 g/mol. The summed E-state index contributed by atoms with van der Waals surface area (Å²) in [6, 6.07) is 8.50. The van der Waals surface area contributed by atoms with Gasteiger partial charge in [-0.2, -0.15) is 17.5 Å². The monoisotopic (exact) mass is 434 g/mol. The second-order valence-corrected chi connectivity index (χ2v) is 9.89. The number of halogens is 3. The first-order valence-corrected chi connectivity index (χ1v) is 11.2. The fourth-order valence-corrected chi connectivity index (χ4v) is 5.51. The van der Waals surface area contributed by atoms with Crippen LogP contribution in [0.15, 0.2) is 58.3 Å². The van der Waals surface area contributed by atoms with Crippen molar-refractivity contribution in [2.45, 2.75) is 28.8 Å². The van der Waals surface area contributed by atoms with E-state index in [0.717, 1.165) is 37.1 Å². The smallest absolute Gasteiger partial charge is 0.280 e. The number of alkyl halides is 3. The molecular formula is C17H17F3N2O4S2. The molecule has 11 heteroatoms. The third kappa shape index (κ3) is 4.31. The fourth-order valence-electron chi connectivity index (χ4n) is 2.85. The quantitative estimate of drug-likeness (QED) is 0.783.